The Labute approximate surface area is 196 Å². The molecule has 0 aliphatic carbocycles. The van der Waals surface area contributed by atoms with Gasteiger partial charge in [0.1, 0.15) is 24.1 Å². The number of methoxy groups -OCH3 is 1. The Morgan fingerprint density at radius 1 is 1.06 bits per heavy atom. The smallest absolute Gasteiger partial charge is 0.262 e. The van der Waals surface area contributed by atoms with Gasteiger partial charge in [0.05, 0.1) is 13.3 Å². The van der Waals surface area contributed by atoms with Crippen LogP contribution in [0.5, 0.6) is 11.5 Å². The number of carbonyl (C=O) groups is 1. The summed E-state index contributed by atoms with van der Waals surface area (Å²) in [4.78, 5) is 12.6. The molecule has 0 aromatic heterocycles. The third-order valence-electron chi connectivity index (χ3n) is 4.76. The van der Waals surface area contributed by atoms with E-state index in [2.05, 4.69) is 31.8 Å². The fourth-order valence-electron chi connectivity index (χ4n) is 2.95. The molecule has 0 unspecified atom stereocenters. The number of amides is 1. The molecule has 1 amide bonds. The number of carbonyl (C=O) groups excluding carboxylic acids is 1. The van der Waals surface area contributed by atoms with E-state index in [0.29, 0.717) is 18.8 Å². The first-order chi connectivity index (χ1) is 15.6. The van der Waals surface area contributed by atoms with Crippen molar-refractivity contribution in [1.82, 2.24) is 5.43 Å². The Kier molecular flexibility index (Phi) is 8.69. The molecule has 6 nitrogen and oxygen atoms in total. The number of halogens is 1. The molecule has 7 heteroatoms. The van der Waals surface area contributed by atoms with Crippen LogP contribution < -0.4 is 20.2 Å². The molecule has 166 valence electrons. The number of hydrazone groups is 1. The van der Waals surface area contributed by atoms with Crippen molar-refractivity contribution in [3.05, 3.63) is 88.4 Å². The van der Waals surface area contributed by atoms with Gasteiger partial charge in [0.25, 0.3) is 5.91 Å². The van der Waals surface area contributed by atoms with E-state index in [9.17, 15) is 4.79 Å². The van der Waals surface area contributed by atoms with Crippen LogP contribution in [-0.4, -0.2) is 25.3 Å². The van der Waals surface area contributed by atoms with Gasteiger partial charge in [0, 0.05) is 15.7 Å². The molecule has 0 fully saturated rings. The summed E-state index contributed by atoms with van der Waals surface area (Å²) in [6.07, 6.45) is 2.20. The molecule has 0 saturated heterocycles. The minimum absolute atomic E-state index is 0.215. The summed E-state index contributed by atoms with van der Waals surface area (Å²) >= 11 is 3.43. The van der Waals surface area contributed by atoms with E-state index in [1.807, 2.05) is 79.7 Å². The van der Waals surface area contributed by atoms with Crippen LogP contribution in [0.3, 0.4) is 0 Å². The fraction of sp³-hybridized carbons (Fsp3) is 0.200. The van der Waals surface area contributed by atoms with Gasteiger partial charge in [-0.3, -0.25) is 4.79 Å². The first-order valence-corrected chi connectivity index (χ1v) is 11.1. The van der Waals surface area contributed by atoms with E-state index in [0.717, 1.165) is 27.0 Å². The van der Waals surface area contributed by atoms with E-state index in [1.165, 1.54) is 0 Å². The maximum Gasteiger partial charge on any atom is 0.262 e. The minimum Gasteiger partial charge on any atom is -0.497 e. The topological polar surface area (TPSA) is 72.0 Å². The quantitative estimate of drug-likeness (QED) is 0.292. The highest BCUT2D eigenvalue weighted by molar-refractivity contribution is 9.10. The summed E-state index contributed by atoms with van der Waals surface area (Å²) in [5, 5.41) is 7.35. The summed E-state index contributed by atoms with van der Waals surface area (Å²) in [5.41, 5.74) is 5.29. The van der Waals surface area contributed by atoms with E-state index < -0.39 is 6.04 Å². The molecule has 0 aliphatic heterocycles. The molecular weight excluding hydrogens is 470 g/mol. The summed E-state index contributed by atoms with van der Waals surface area (Å²) in [6.45, 7) is 2.38. The summed E-state index contributed by atoms with van der Waals surface area (Å²) in [5.74, 6) is 1.24. The van der Waals surface area contributed by atoms with Gasteiger partial charge in [-0.05, 0) is 60.5 Å². The van der Waals surface area contributed by atoms with E-state index >= 15 is 0 Å². The second kappa shape index (κ2) is 11.9. The molecule has 0 heterocycles. The van der Waals surface area contributed by atoms with Crippen LogP contribution >= 0.6 is 15.9 Å². The highest BCUT2D eigenvalue weighted by atomic mass is 79.9. The lowest BCUT2D eigenvalue weighted by Gasteiger charge is -2.16. The lowest BCUT2D eigenvalue weighted by atomic mass is 10.2. The van der Waals surface area contributed by atoms with Gasteiger partial charge in [-0.2, -0.15) is 5.10 Å². The molecular formula is C25H26BrN3O3. The molecule has 0 radical (unpaired) electrons. The van der Waals surface area contributed by atoms with Crippen molar-refractivity contribution in [1.29, 1.82) is 0 Å². The summed E-state index contributed by atoms with van der Waals surface area (Å²) in [6, 6.07) is 22.5. The lowest BCUT2D eigenvalue weighted by Crippen LogP contribution is -2.36. The van der Waals surface area contributed by atoms with Gasteiger partial charge in [0.2, 0.25) is 0 Å². The first kappa shape index (κ1) is 23.3. The van der Waals surface area contributed by atoms with Crippen LogP contribution in [0, 0.1) is 0 Å². The van der Waals surface area contributed by atoms with Crippen LogP contribution in [0.2, 0.25) is 0 Å². The normalized spacial score (nSPS) is 11.7. The Bertz CT molecular complexity index is 1040. The molecule has 3 aromatic rings. The average Bonchev–Trinajstić information content (AvgIpc) is 2.83. The van der Waals surface area contributed by atoms with Crippen LogP contribution in [0.4, 0.5) is 5.69 Å². The van der Waals surface area contributed by atoms with Crippen LogP contribution in [0.25, 0.3) is 0 Å². The van der Waals surface area contributed by atoms with Gasteiger partial charge in [0.15, 0.2) is 0 Å². The van der Waals surface area contributed by atoms with E-state index in [-0.39, 0.29) is 5.91 Å². The van der Waals surface area contributed by atoms with Crippen molar-refractivity contribution in [3.63, 3.8) is 0 Å². The monoisotopic (exact) mass is 495 g/mol. The Morgan fingerprint density at radius 2 is 1.78 bits per heavy atom. The maximum absolute atomic E-state index is 12.6. The second-order valence-electron chi connectivity index (χ2n) is 7.02. The van der Waals surface area contributed by atoms with E-state index in [1.54, 1.807) is 13.3 Å². The van der Waals surface area contributed by atoms with Crippen molar-refractivity contribution in [3.8, 4) is 11.5 Å². The van der Waals surface area contributed by atoms with Crippen molar-refractivity contribution in [2.45, 2.75) is 26.0 Å². The van der Waals surface area contributed by atoms with Crippen LogP contribution in [-0.2, 0) is 11.4 Å². The minimum atomic E-state index is -0.413. The molecule has 0 saturated carbocycles. The van der Waals surface area contributed by atoms with Gasteiger partial charge in [-0.15, -0.1) is 0 Å². The number of nitrogens with zero attached hydrogens (tertiary/aromatic N) is 1. The predicted molar refractivity (Wildman–Crippen MR) is 131 cm³/mol. The van der Waals surface area contributed by atoms with E-state index in [4.69, 9.17) is 9.47 Å². The van der Waals surface area contributed by atoms with Crippen molar-refractivity contribution in [2.24, 2.45) is 5.10 Å². The maximum atomic E-state index is 12.6. The molecule has 0 aliphatic rings. The van der Waals surface area contributed by atoms with Gasteiger partial charge < -0.3 is 14.8 Å². The second-order valence-corrected chi connectivity index (χ2v) is 7.94. The zero-order valence-electron chi connectivity index (χ0n) is 18.0. The Balaban J connectivity index is 1.57. The standard InChI is InChI=1S/C25H26BrN3O3/c1-3-23(28-21-12-14-22(31-2)15-13-21)25(30)29-27-16-19-6-4-5-7-24(19)32-17-18-8-10-20(26)11-9-18/h4-16,23,28H,3,17H2,1-2H3,(H,29,30)/t23-/m0/s1. The van der Waals surface area contributed by atoms with Crippen molar-refractivity contribution in [2.75, 3.05) is 12.4 Å². The SMILES string of the molecule is CC[C@H](Nc1ccc(OC)cc1)C(=O)NN=Cc1ccccc1OCc1ccc(Br)cc1. The number of hydrogen-bond donors (Lipinski definition) is 2. The van der Waals surface area contributed by atoms with Gasteiger partial charge in [-0.25, -0.2) is 5.43 Å². The largest absolute Gasteiger partial charge is 0.497 e. The zero-order chi connectivity index (χ0) is 22.8. The molecule has 32 heavy (non-hydrogen) atoms. The highest BCUT2D eigenvalue weighted by Gasteiger charge is 2.15. The number of anilines is 1. The van der Waals surface area contributed by atoms with Crippen LogP contribution in [0.1, 0.15) is 24.5 Å². The molecule has 3 rings (SSSR count). The molecule has 3 aromatic carbocycles. The van der Waals surface area contributed by atoms with Gasteiger partial charge in [-0.1, -0.05) is 47.1 Å². The third-order valence-corrected chi connectivity index (χ3v) is 5.29. The van der Waals surface area contributed by atoms with Crippen molar-refractivity contribution >= 4 is 33.7 Å². The average molecular weight is 496 g/mol. The van der Waals surface area contributed by atoms with Crippen molar-refractivity contribution < 1.29 is 14.3 Å². The summed E-state index contributed by atoms with van der Waals surface area (Å²) in [7, 11) is 1.62. The molecule has 0 spiro atoms. The predicted octanol–water partition coefficient (Wildman–Crippen LogP) is 5.38. The Morgan fingerprint density at radius 3 is 2.47 bits per heavy atom. The number of benzene rings is 3. The van der Waals surface area contributed by atoms with Gasteiger partial charge >= 0.3 is 0 Å². The number of para-hydroxylation sites is 1. The lowest BCUT2D eigenvalue weighted by molar-refractivity contribution is -0.121. The number of hydrogen-bond acceptors (Lipinski definition) is 5. The molecule has 0 bridgehead atoms. The summed E-state index contributed by atoms with van der Waals surface area (Å²) < 4.78 is 12.1. The Hall–Kier alpha value is -3.32. The van der Waals surface area contributed by atoms with Crippen LogP contribution in [0.15, 0.2) is 82.4 Å². The zero-order valence-corrected chi connectivity index (χ0v) is 19.6. The number of rotatable bonds is 10. The third kappa shape index (κ3) is 6.85. The first-order valence-electron chi connectivity index (χ1n) is 10.3. The molecule has 2 N–H and O–H groups in total. The molecule has 1 atom stereocenters. The number of ether oxygens (including phenoxy) is 2. The fourth-order valence-corrected chi connectivity index (χ4v) is 3.21. The number of nitrogens with one attached hydrogen (secondary N) is 2. The highest BCUT2D eigenvalue weighted by Crippen LogP contribution is 2.19.